The fraction of sp³-hybridized carbons (Fsp3) is 0.462. The van der Waals surface area contributed by atoms with Crippen molar-refractivity contribution in [3.05, 3.63) is 22.7 Å². The number of sulfone groups is 1. The van der Waals surface area contributed by atoms with Crippen LogP contribution >= 0.6 is 15.9 Å². The maximum absolute atomic E-state index is 12.0. The molecule has 1 saturated heterocycles. The van der Waals surface area contributed by atoms with Crippen molar-refractivity contribution in [1.29, 1.82) is 0 Å². The lowest BCUT2D eigenvalue weighted by atomic mass is 10.2. The van der Waals surface area contributed by atoms with E-state index in [0.29, 0.717) is 16.6 Å². The Morgan fingerprint density at radius 1 is 1.52 bits per heavy atom. The maximum atomic E-state index is 12.0. The smallest absolute Gasteiger partial charge is 0.238 e. The molecule has 1 fully saturated rings. The van der Waals surface area contributed by atoms with E-state index in [0.717, 1.165) is 0 Å². The van der Waals surface area contributed by atoms with E-state index in [1.54, 1.807) is 24.1 Å². The number of nitrogens with zero attached hydrogens (tertiary/aromatic N) is 1. The van der Waals surface area contributed by atoms with Crippen LogP contribution in [0.3, 0.4) is 0 Å². The second kappa shape index (κ2) is 6.33. The van der Waals surface area contributed by atoms with Crippen molar-refractivity contribution in [2.24, 2.45) is 0 Å². The van der Waals surface area contributed by atoms with Crippen LogP contribution in [-0.4, -0.2) is 55.5 Å². The Balaban J connectivity index is 1.92. The van der Waals surface area contributed by atoms with Crippen LogP contribution in [0.5, 0.6) is 5.75 Å². The number of carbonyl (C=O) groups excluding carboxylic acids is 1. The van der Waals surface area contributed by atoms with Crippen LogP contribution in [0.2, 0.25) is 0 Å². The van der Waals surface area contributed by atoms with Gasteiger partial charge in [-0.1, -0.05) is 15.9 Å². The summed E-state index contributed by atoms with van der Waals surface area (Å²) < 4.78 is 23.6. The molecule has 0 spiro atoms. The van der Waals surface area contributed by atoms with Crippen LogP contribution in [0.4, 0.5) is 5.69 Å². The predicted octanol–water partition coefficient (Wildman–Crippen LogP) is 1.21. The molecule has 116 valence electrons. The summed E-state index contributed by atoms with van der Waals surface area (Å²) in [6.45, 7) is 0.0791. The zero-order valence-electron chi connectivity index (χ0n) is 11.5. The number of phenolic OH excluding ortho intramolecular Hbond substituents is 1. The highest BCUT2D eigenvalue weighted by atomic mass is 79.9. The summed E-state index contributed by atoms with van der Waals surface area (Å²) in [5, 5.41) is 12.3. The fourth-order valence-electron chi connectivity index (χ4n) is 2.28. The van der Waals surface area contributed by atoms with Gasteiger partial charge in [0.25, 0.3) is 0 Å². The Labute approximate surface area is 132 Å². The topological polar surface area (TPSA) is 86.7 Å². The Hall–Kier alpha value is -1.12. The van der Waals surface area contributed by atoms with Gasteiger partial charge in [-0.05, 0) is 31.7 Å². The molecule has 0 saturated carbocycles. The van der Waals surface area contributed by atoms with Gasteiger partial charge in [-0.2, -0.15) is 0 Å². The van der Waals surface area contributed by atoms with Crippen LogP contribution in [0.25, 0.3) is 0 Å². The molecule has 2 N–H and O–H groups in total. The quantitative estimate of drug-likeness (QED) is 0.771. The summed E-state index contributed by atoms with van der Waals surface area (Å²) in [5.41, 5.74) is 0.329. The standard InChI is InChI=1S/C13H17BrN2O4S/c1-16(10-4-5-21(19,20)8-10)7-13(18)15-11-3-2-9(14)6-12(11)17/h2-3,6,10,17H,4-5,7-8H2,1H3,(H,15,18). The molecule has 1 heterocycles. The highest BCUT2D eigenvalue weighted by molar-refractivity contribution is 9.10. The Morgan fingerprint density at radius 2 is 2.24 bits per heavy atom. The van der Waals surface area contributed by atoms with Crippen molar-refractivity contribution < 1.29 is 18.3 Å². The first kappa shape index (κ1) is 16.3. The molecule has 6 nitrogen and oxygen atoms in total. The monoisotopic (exact) mass is 376 g/mol. The zero-order valence-corrected chi connectivity index (χ0v) is 13.9. The third-order valence-corrected chi connectivity index (χ3v) is 5.70. The van der Waals surface area contributed by atoms with Gasteiger partial charge in [0.1, 0.15) is 5.75 Å². The lowest BCUT2D eigenvalue weighted by molar-refractivity contribution is -0.117. The molecule has 0 aromatic heterocycles. The van der Waals surface area contributed by atoms with Crippen molar-refractivity contribution >= 4 is 37.4 Å². The van der Waals surface area contributed by atoms with E-state index in [-0.39, 0.29) is 35.7 Å². The van der Waals surface area contributed by atoms with E-state index >= 15 is 0 Å². The molecule has 8 heteroatoms. The van der Waals surface area contributed by atoms with Gasteiger partial charge in [0.05, 0.1) is 23.7 Å². The minimum Gasteiger partial charge on any atom is -0.506 e. The summed E-state index contributed by atoms with van der Waals surface area (Å²) in [4.78, 5) is 13.7. The third kappa shape index (κ3) is 4.42. The molecule has 1 aromatic carbocycles. The molecular formula is C13H17BrN2O4S. The number of carbonyl (C=O) groups is 1. The molecule has 1 aliphatic heterocycles. The molecule has 1 aromatic rings. The first-order chi connectivity index (χ1) is 9.77. The number of halogens is 1. The number of aromatic hydroxyl groups is 1. The summed E-state index contributed by atoms with van der Waals surface area (Å²) in [6, 6.07) is 4.67. The summed E-state index contributed by atoms with van der Waals surface area (Å²) in [5.74, 6) is -0.0412. The van der Waals surface area contributed by atoms with Gasteiger partial charge >= 0.3 is 0 Å². The average molecular weight is 377 g/mol. The number of likely N-dealkylation sites (N-methyl/N-ethyl adjacent to an activating group) is 1. The van der Waals surface area contributed by atoms with Crippen molar-refractivity contribution in [2.45, 2.75) is 12.5 Å². The Morgan fingerprint density at radius 3 is 2.81 bits per heavy atom. The third-order valence-electron chi connectivity index (χ3n) is 3.46. The second-order valence-electron chi connectivity index (χ2n) is 5.18. The maximum Gasteiger partial charge on any atom is 0.238 e. The number of benzene rings is 1. The largest absolute Gasteiger partial charge is 0.506 e. The molecule has 0 aliphatic carbocycles. The molecule has 1 unspecified atom stereocenters. The molecule has 2 rings (SSSR count). The molecule has 1 amide bonds. The highest BCUT2D eigenvalue weighted by Gasteiger charge is 2.31. The van der Waals surface area contributed by atoms with Crippen LogP contribution in [0.15, 0.2) is 22.7 Å². The first-order valence-corrected chi connectivity index (χ1v) is 9.07. The minimum absolute atomic E-state index is 0.0242. The van der Waals surface area contributed by atoms with E-state index in [4.69, 9.17) is 0 Å². The van der Waals surface area contributed by atoms with Crippen LogP contribution in [-0.2, 0) is 14.6 Å². The minimum atomic E-state index is -2.97. The fourth-order valence-corrected chi connectivity index (χ4v) is 4.43. The van der Waals surface area contributed by atoms with E-state index < -0.39 is 9.84 Å². The van der Waals surface area contributed by atoms with Gasteiger partial charge in [-0.15, -0.1) is 0 Å². The van der Waals surface area contributed by atoms with E-state index in [1.165, 1.54) is 6.07 Å². The van der Waals surface area contributed by atoms with Gasteiger partial charge in [0.15, 0.2) is 9.84 Å². The number of anilines is 1. The molecule has 0 radical (unpaired) electrons. The first-order valence-electron chi connectivity index (χ1n) is 6.46. The molecule has 1 atom stereocenters. The van der Waals surface area contributed by atoms with Crippen LogP contribution < -0.4 is 5.32 Å². The number of rotatable bonds is 4. The van der Waals surface area contributed by atoms with Crippen molar-refractivity contribution in [1.82, 2.24) is 4.90 Å². The van der Waals surface area contributed by atoms with Crippen LogP contribution in [0.1, 0.15) is 6.42 Å². The zero-order chi connectivity index (χ0) is 15.6. The van der Waals surface area contributed by atoms with E-state index in [2.05, 4.69) is 21.2 Å². The lowest BCUT2D eigenvalue weighted by Crippen LogP contribution is -2.38. The molecule has 21 heavy (non-hydrogen) atoms. The predicted molar refractivity (Wildman–Crippen MR) is 84.1 cm³/mol. The summed E-state index contributed by atoms with van der Waals surface area (Å²) in [7, 11) is -1.24. The highest BCUT2D eigenvalue weighted by Crippen LogP contribution is 2.26. The number of hydrogen-bond donors (Lipinski definition) is 2. The summed E-state index contributed by atoms with van der Waals surface area (Å²) in [6.07, 6.45) is 0.551. The number of hydrogen-bond acceptors (Lipinski definition) is 5. The van der Waals surface area contributed by atoms with Gasteiger partial charge in [0, 0.05) is 10.5 Å². The SMILES string of the molecule is CN(CC(=O)Nc1ccc(Br)cc1O)C1CCS(=O)(=O)C1. The lowest BCUT2D eigenvalue weighted by Gasteiger charge is -2.22. The second-order valence-corrected chi connectivity index (χ2v) is 8.33. The Bertz CT molecular complexity index is 648. The number of amides is 1. The number of phenols is 1. The average Bonchev–Trinajstić information content (AvgIpc) is 2.73. The molecule has 1 aliphatic rings. The van der Waals surface area contributed by atoms with Gasteiger partial charge < -0.3 is 10.4 Å². The normalized spacial score (nSPS) is 20.6. The van der Waals surface area contributed by atoms with Crippen molar-refractivity contribution in [2.75, 3.05) is 30.4 Å². The van der Waals surface area contributed by atoms with Crippen molar-refractivity contribution in [3.63, 3.8) is 0 Å². The summed E-state index contributed by atoms with van der Waals surface area (Å²) >= 11 is 3.22. The van der Waals surface area contributed by atoms with Crippen molar-refractivity contribution in [3.8, 4) is 5.75 Å². The van der Waals surface area contributed by atoms with Gasteiger partial charge in [-0.3, -0.25) is 9.69 Å². The van der Waals surface area contributed by atoms with Gasteiger partial charge in [-0.25, -0.2) is 8.42 Å². The van der Waals surface area contributed by atoms with E-state index in [1.807, 2.05) is 0 Å². The molecule has 0 bridgehead atoms. The van der Waals surface area contributed by atoms with Gasteiger partial charge in [0.2, 0.25) is 5.91 Å². The molecular weight excluding hydrogens is 360 g/mol. The Kier molecular flexibility index (Phi) is 4.90. The van der Waals surface area contributed by atoms with E-state index in [9.17, 15) is 18.3 Å². The van der Waals surface area contributed by atoms with Crippen LogP contribution in [0, 0.1) is 0 Å². The number of nitrogens with one attached hydrogen (secondary N) is 1.